The number of likely N-dealkylation sites (N-methyl/N-ethyl adjacent to an activating group) is 1. The summed E-state index contributed by atoms with van der Waals surface area (Å²) >= 11 is 0. The van der Waals surface area contributed by atoms with Crippen LogP contribution in [0, 0.1) is 12.3 Å². The SMILES string of the molecule is Cc1ccccc1N(C)CC(O)C(C)(C)C. The molecule has 0 bridgehead atoms. The molecule has 2 heteroatoms. The molecule has 0 aliphatic rings. The first-order valence-corrected chi connectivity index (χ1v) is 5.77. The minimum absolute atomic E-state index is 0.0725. The van der Waals surface area contributed by atoms with Gasteiger partial charge in [0.25, 0.3) is 0 Å². The van der Waals surface area contributed by atoms with Crippen molar-refractivity contribution in [3.63, 3.8) is 0 Å². The molecule has 16 heavy (non-hydrogen) atoms. The minimum atomic E-state index is -0.322. The lowest BCUT2D eigenvalue weighted by molar-refractivity contribution is 0.0699. The minimum Gasteiger partial charge on any atom is -0.391 e. The highest BCUT2D eigenvalue weighted by atomic mass is 16.3. The molecular weight excluding hydrogens is 198 g/mol. The van der Waals surface area contributed by atoms with Crippen molar-refractivity contribution in [2.75, 3.05) is 18.5 Å². The Morgan fingerprint density at radius 1 is 1.25 bits per heavy atom. The second-order valence-corrected chi connectivity index (χ2v) is 5.55. The zero-order valence-electron chi connectivity index (χ0n) is 11.0. The van der Waals surface area contributed by atoms with E-state index in [0.29, 0.717) is 6.54 Å². The van der Waals surface area contributed by atoms with Gasteiger partial charge in [0.15, 0.2) is 0 Å². The highest BCUT2D eigenvalue weighted by molar-refractivity contribution is 5.52. The molecule has 1 unspecified atom stereocenters. The zero-order chi connectivity index (χ0) is 12.3. The fraction of sp³-hybridized carbons (Fsp3) is 0.571. The van der Waals surface area contributed by atoms with Crippen LogP contribution >= 0.6 is 0 Å². The third kappa shape index (κ3) is 3.24. The van der Waals surface area contributed by atoms with Gasteiger partial charge >= 0.3 is 0 Å². The van der Waals surface area contributed by atoms with Crippen LogP contribution < -0.4 is 4.90 Å². The molecule has 1 atom stereocenters. The van der Waals surface area contributed by atoms with E-state index < -0.39 is 0 Å². The highest BCUT2D eigenvalue weighted by Crippen LogP contribution is 2.23. The van der Waals surface area contributed by atoms with Crippen molar-refractivity contribution in [2.45, 2.75) is 33.8 Å². The van der Waals surface area contributed by atoms with Crippen LogP contribution in [0.4, 0.5) is 5.69 Å². The van der Waals surface area contributed by atoms with E-state index in [1.807, 2.05) is 19.2 Å². The van der Waals surface area contributed by atoms with Crippen molar-refractivity contribution in [1.82, 2.24) is 0 Å². The molecule has 0 heterocycles. The standard InChI is InChI=1S/C14H23NO/c1-11-8-6-7-9-12(11)15(5)10-13(16)14(2,3)4/h6-9,13,16H,10H2,1-5H3. The van der Waals surface area contributed by atoms with Crippen molar-refractivity contribution in [3.8, 4) is 0 Å². The van der Waals surface area contributed by atoms with E-state index in [0.717, 1.165) is 0 Å². The van der Waals surface area contributed by atoms with E-state index in [1.54, 1.807) is 0 Å². The summed E-state index contributed by atoms with van der Waals surface area (Å²) in [5.41, 5.74) is 2.36. The molecule has 0 saturated carbocycles. The maximum absolute atomic E-state index is 10.1. The van der Waals surface area contributed by atoms with Gasteiger partial charge in [0, 0.05) is 19.3 Å². The third-order valence-corrected chi connectivity index (χ3v) is 2.97. The Bertz CT molecular complexity index is 341. The average molecular weight is 221 g/mol. The van der Waals surface area contributed by atoms with Gasteiger partial charge in [-0.05, 0) is 24.0 Å². The van der Waals surface area contributed by atoms with Gasteiger partial charge in [-0.3, -0.25) is 0 Å². The maximum Gasteiger partial charge on any atom is 0.0763 e. The number of rotatable bonds is 3. The number of para-hydroxylation sites is 1. The number of aliphatic hydroxyl groups excluding tert-OH is 1. The van der Waals surface area contributed by atoms with E-state index in [2.05, 4.69) is 44.7 Å². The Kier molecular flexibility index (Phi) is 3.98. The number of aliphatic hydroxyl groups is 1. The zero-order valence-corrected chi connectivity index (χ0v) is 11.0. The van der Waals surface area contributed by atoms with Gasteiger partial charge in [0.05, 0.1) is 6.10 Å². The van der Waals surface area contributed by atoms with Crippen LogP contribution in [-0.2, 0) is 0 Å². The molecule has 2 nitrogen and oxygen atoms in total. The predicted octanol–water partition coefficient (Wildman–Crippen LogP) is 2.84. The fourth-order valence-electron chi connectivity index (χ4n) is 1.62. The van der Waals surface area contributed by atoms with Gasteiger partial charge in [-0.15, -0.1) is 0 Å². The van der Waals surface area contributed by atoms with Crippen molar-refractivity contribution >= 4 is 5.69 Å². The molecule has 0 radical (unpaired) electrons. The smallest absolute Gasteiger partial charge is 0.0763 e. The average Bonchev–Trinajstić information content (AvgIpc) is 2.16. The Labute approximate surface area is 98.9 Å². The molecule has 0 aromatic heterocycles. The second kappa shape index (κ2) is 4.88. The first kappa shape index (κ1) is 13.0. The van der Waals surface area contributed by atoms with Crippen LogP contribution in [0.5, 0.6) is 0 Å². The third-order valence-electron chi connectivity index (χ3n) is 2.97. The molecule has 1 aromatic carbocycles. The topological polar surface area (TPSA) is 23.5 Å². The molecule has 0 amide bonds. The van der Waals surface area contributed by atoms with E-state index in [4.69, 9.17) is 0 Å². The molecule has 90 valence electrons. The summed E-state index contributed by atoms with van der Waals surface area (Å²) in [6.45, 7) is 8.93. The van der Waals surface area contributed by atoms with Gasteiger partial charge in [-0.2, -0.15) is 0 Å². The summed E-state index contributed by atoms with van der Waals surface area (Å²) in [6.07, 6.45) is -0.322. The number of hydrogen-bond donors (Lipinski definition) is 1. The van der Waals surface area contributed by atoms with Crippen LogP contribution in [0.3, 0.4) is 0 Å². The second-order valence-electron chi connectivity index (χ2n) is 5.55. The van der Waals surface area contributed by atoms with Gasteiger partial charge in [-0.1, -0.05) is 39.0 Å². The lowest BCUT2D eigenvalue weighted by Gasteiger charge is -2.31. The molecule has 0 spiro atoms. The van der Waals surface area contributed by atoms with E-state index in [1.165, 1.54) is 11.3 Å². The van der Waals surface area contributed by atoms with Crippen LogP contribution in [0.2, 0.25) is 0 Å². The molecule has 1 N–H and O–H groups in total. The maximum atomic E-state index is 10.1. The van der Waals surface area contributed by atoms with Crippen molar-refractivity contribution in [2.24, 2.45) is 5.41 Å². The molecule has 1 aromatic rings. The first-order chi connectivity index (χ1) is 7.32. The summed E-state index contributed by atoms with van der Waals surface area (Å²) in [7, 11) is 2.03. The number of nitrogens with zero attached hydrogens (tertiary/aromatic N) is 1. The van der Waals surface area contributed by atoms with Crippen molar-refractivity contribution < 1.29 is 5.11 Å². The number of aryl methyl sites for hydroxylation is 1. The number of hydrogen-bond acceptors (Lipinski definition) is 2. The van der Waals surface area contributed by atoms with Crippen LogP contribution in [0.15, 0.2) is 24.3 Å². The molecule has 0 fully saturated rings. The predicted molar refractivity (Wildman–Crippen MR) is 69.9 cm³/mol. The van der Waals surface area contributed by atoms with Crippen LogP contribution in [0.25, 0.3) is 0 Å². The lowest BCUT2D eigenvalue weighted by Crippen LogP contribution is -2.37. The first-order valence-electron chi connectivity index (χ1n) is 5.77. The van der Waals surface area contributed by atoms with Crippen molar-refractivity contribution in [3.05, 3.63) is 29.8 Å². The quantitative estimate of drug-likeness (QED) is 0.848. The summed E-state index contributed by atoms with van der Waals surface area (Å²) in [5.74, 6) is 0. The monoisotopic (exact) mass is 221 g/mol. The van der Waals surface area contributed by atoms with Gasteiger partial charge in [0.2, 0.25) is 0 Å². The van der Waals surface area contributed by atoms with E-state index >= 15 is 0 Å². The molecule has 0 aliphatic heterocycles. The normalized spacial score (nSPS) is 13.6. The number of anilines is 1. The van der Waals surface area contributed by atoms with E-state index in [9.17, 15) is 5.11 Å². The fourth-order valence-corrected chi connectivity index (χ4v) is 1.62. The largest absolute Gasteiger partial charge is 0.391 e. The highest BCUT2D eigenvalue weighted by Gasteiger charge is 2.23. The summed E-state index contributed by atoms with van der Waals surface area (Å²) in [6, 6.07) is 8.25. The van der Waals surface area contributed by atoms with Crippen LogP contribution in [0.1, 0.15) is 26.3 Å². The summed E-state index contributed by atoms with van der Waals surface area (Å²) in [5, 5.41) is 10.1. The van der Waals surface area contributed by atoms with Gasteiger partial charge in [0.1, 0.15) is 0 Å². The molecular formula is C14H23NO. The Morgan fingerprint density at radius 2 is 1.81 bits per heavy atom. The lowest BCUT2D eigenvalue weighted by atomic mass is 9.89. The van der Waals surface area contributed by atoms with Crippen LogP contribution in [-0.4, -0.2) is 24.8 Å². The molecule has 0 aliphatic carbocycles. The number of benzene rings is 1. The van der Waals surface area contributed by atoms with Gasteiger partial charge < -0.3 is 10.0 Å². The summed E-state index contributed by atoms with van der Waals surface area (Å²) < 4.78 is 0. The Balaban J connectivity index is 2.73. The van der Waals surface area contributed by atoms with Crippen molar-refractivity contribution in [1.29, 1.82) is 0 Å². The summed E-state index contributed by atoms with van der Waals surface area (Å²) in [4.78, 5) is 2.12. The molecule has 1 rings (SSSR count). The van der Waals surface area contributed by atoms with Gasteiger partial charge in [-0.25, -0.2) is 0 Å². The van der Waals surface area contributed by atoms with E-state index in [-0.39, 0.29) is 11.5 Å². The Morgan fingerprint density at radius 3 is 2.31 bits per heavy atom. The molecule has 0 saturated heterocycles. The Hall–Kier alpha value is -1.02.